The van der Waals surface area contributed by atoms with Crippen LogP contribution in [0.3, 0.4) is 0 Å². The van der Waals surface area contributed by atoms with Gasteiger partial charge in [0.05, 0.1) is 6.10 Å². The average molecular weight is 687 g/mol. The van der Waals surface area contributed by atoms with E-state index in [0.29, 0.717) is 30.1 Å². The van der Waals surface area contributed by atoms with Crippen LogP contribution in [0.25, 0.3) is 0 Å². The zero-order chi connectivity index (χ0) is 36.0. The molecule has 2 fully saturated rings. The number of unbranched alkanes of at least 4 members (excludes halogenated alkanes) is 4. The van der Waals surface area contributed by atoms with E-state index in [1.165, 1.54) is 76.2 Å². The monoisotopic (exact) mass is 687 g/mol. The van der Waals surface area contributed by atoms with Gasteiger partial charge in [-0.15, -0.1) is 0 Å². The second kappa shape index (κ2) is 20.2. The summed E-state index contributed by atoms with van der Waals surface area (Å²) >= 11 is 0. The van der Waals surface area contributed by atoms with Gasteiger partial charge in [0.15, 0.2) is 0 Å². The van der Waals surface area contributed by atoms with E-state index in [4.69, 9.17) is 4.74 Å². The lowest BCUT2D eigenvalue weighted by Gasteiger charge is -2.58. The zero-order valence-corrected chi connectivity index (χ0v) is 33.0. The van der Waals surface area contributed by atoms with E-state index in [0.717, 1.165) is 68.0 Å². The molecule has 0 bridgehead atoms. The predicted octanol–water partition coefficient (Wildman–Crippen LogP) is 13.2. The molecule has 3 heteroatoms. The Labute approximate surface area is 307 Å². The molecule has 0 unspecified atom stereocenters. The highest BCUT2D eigenvalue weighted by atomic mass is 16.5. The van der Waals surface area contributed by atoms with Crippen molar-refractivity contribution in [2.75, 3.05) is 0 Å². The molecule has 0 aromatic rings. The maximum atomic E-state index is 13.2. The fourth-order valence-electron chi connectivity index (χ4n) is 10.6. The van der Waals surface area contributed by atoms with Gasteiger partial charge in [0.2, 0.25) is 0 Å². The van der Waals surface area contributed by atoms with Crippen molar-refractivity contribution < 1.29 is 14.6 Å². The van der Waals surface area contributed by atoms with E-state index in [2.05, 4.69) is 96.2 Å². The number of hydrogen-bond donors (Lipinski definition) is 1. The molecule has 8 atom stereocenters. The van der Waals surface area contributed by atoms with Crippen LogP contribution in [-0.4, -0.2) is 17.2 Å². The second-order valence-corrected chi connectivity index (χ2v) is 17.3. The molecule has 0 radical (unpaired) electrons. The first-order valence-electron chi connectivity index (χ1n) is 21.0. The van der Waals surface area contributed by atoms with Crippen molar-refractivity contribution in [3.8, 4) is 0 Å². The quantitative estimate of drug-likeness (QED) is 0.0788. The molecular weight excluding hydrogens is 613 g/mol. The molecule has 0 heterocycles. The third-order valence-electron chi connectivity index (χ3n) is 13.4. The van der Waals surface area contributed by atoms with Crippen LogP contribution in [0.2, 0.25) is 0 Å². The number of carbonyl (C=O) groups excluding carboxylic acids is 1. The maximum Gasteiger partial charge on any atom is 0.310 e. The molecular formula is C47H74O3. The fraction of sp³-hybridized carbons (Fsp3) is 0.723. The number of allylic oxidation sites excluding steroid dienone is 10. The van der Waals surface area contributed by atoms with Crippen LogP contribution in [0.5, 0.6) is 0 Å². The summed E-state index contributed by atoms with van der Waals surface area (Å²) in [6, 6.07) is 0. The predicted molar refractivity (Wildman–Crippen MR) is 212 cm³/mol. The van der Waals surface area contributed by atoms with Crippen LogP contribution in [0.4, 0.5) is 0 Å². The number of aliphatic hydroxyl groups excluding tert-OH is 1. The van der Waals surface area contributed by atoms with Crippen molar-refractivity contribution in [3.05, 3.63) is 72.1 Å². The number of ether oxygens (including phenoxy) is 1. The standard InChI is InChI=1S/C47H74O3/c1-7-8-9-10-11-12-13-14-15-16-17-18-19-20-21-22-23-27-45(49)50-44-35-39(48)34-38-28-29-40-42-31-30-41(37(4)26-24-25-36(2)3)46(42,5)33-32-43(40)47(38,44)6/h11-12,14-15,17-18,20-21,28,35-37,39-43,48H,7-10,13,16,19,22-27,29-34H2,1-6H3/b12-11-,15-14-,18-17-,21-20-/t37-,39+,40+,41-,42+,43+,46-,47+/m1/s1. The molecule has 0 amide bonds. The van der Waals surface area contributed by atoms with Crippen molar-refractivity contribution in [2.24, 2.45) is 46.3 Å². The van der Waals surface area contributed by atoms with Gasteiger partial charge >= 0.3 is 5.97 Å². The minimum Gasteiger partial charge on any atom is -0.430 e. The van der Waals surface area contributed by atoms with E-state index in [-0.39, 0.29) is 11.4 Å². The lowest BCUT2D eigenvalue weighted by molar-refractivity contribution is -0.143. The second-order valence-electron chi connectivity index (χ2n) is 17.3. The van der Waals surface area contributed by atoms with Crippen LogP contribution in [0.15, 0.2) is 72.1 Å². The number of aliphatic hydroxyl groups is 1. The molecule has 4 aliphatic carbocycles. The maximum absolute atomic E-state index is 13.2. The first-order chi connectivity index (χ1) is 24.1. The zero-order valence-electron chi connectivity index (χ0n) is 33.0. The molecule has 0 spiro atoms. The summed E-state index contributed by atoms with van der Waals surface area (Å²) in [5.74, 6) is 4.84. The van der Waals surface area contributed by atoms with Crippen LogP contribution < -0.4 is 0 Å². The summed E-state index contributed by atoms with van der Waals surface area (Å²) in [5, 5.41) is 10.8. The SMILES string of the molecule is CCCCC/C=C\C/C=C\C/C=C\C/C=C\CCCC(=O)OC1=C[C@@H](O)CC2=CC[C@@H]3[C@H](CC[C@]4(C)[C@@H]([C@H](C)CCCC(C)C)CC[C@@H]34)[C@]21C. The Kier molecular flexibility index (Phi) is 16.4. The van der Waals surface area contributed by atoms with Gasteiger partial charge in [0.1, 0.15) is 5.76 Å². The smallest absolute Gasteiger partial charge is 0.310 e. The van der Waals surface area contributed by atoms with Gasteiger partial charge in [-0.1, -0.05) is 127 Å². The number of carbonyl (C=O) groups is 1. The van der Waals surface area contributed by atoms with Crippen molar-refractivity contribution in [1.82, 2.24) is 0 Å². The molecule has 0 aromatic heterocycles. The van der Waals surface area contributed by atoms with Gasteiger partial charge < -0.3 is 9.84 Å². The highest BCUT2D eigenvalue weighted by Gasteiger charge is 2.60. The number of fused-ring (bicyclic) bond motifs is 5. The van der Waals surface area contributed by atoms with Crippen molar-refractivity contribution in [1.29, 1.82) is 0 Å². The first kappa shape index (κ1) is 40.6. The molecule has 4 rings (SSSR count). The van der Waals surface area contributed by atoms with Crippen LogP contribution in [0, 0.1) is 46.3 Å². The third kappa shape index (κ3) is 10.7. The minimum absolute atomic E-state index is 0.152. The Morgan fingerprint density at radius 3 is 2.18 bits per heavy atom. The van der Waals surface area contributed by atoms with Gasteiger partial charge in [-0.05, 0) is 137 Å². The summed E-state index contributed by atoms with van der Waals surface area (Å²) in [5.41, 5.74) is 1.43. The first-order valence-corrected chi connectivity index (χ1v) is 21.0. The topological polar surface area (TPSA) is 46.5 Å². The molecule has 0 saturated heterocycles. The van der Waals surface area contributed by atoms with E-state index >= 15 is 0 Å². The molecule has 280 valence electrons. The normalized spacial score (nSPS) is 31.7. The van der Waals surface area contributed by atoms with Gasteiger partial charge in [0.25, 0.3) is 0 Å². The largest absolute Gasteiger partial charge is 0.430 e. The van der Waals surface area contributed by atoms with Gasteiger partial charge in [-0.3, -0.25) is 4.79 Å². The van der Waals surface area contributed by atoms with Crippen molar-refractivity contribution in [2.45, 2.75) is 170 Å². The molecule has 0 aliphatic heterocycles. The highest BCUT2D eigenvalue weighted by Crippen LogP contribution is 2.67. The lowest BCUT2D eigenvalue weighted by Crippen LogP contribution is -2.51. The lowest BCUT2D eigenvalue weighted by atomic mass is 9.47. The minimum atomic E-state index is -0.575. The summed E-state index contributed by atoms with van der Waals surface area (Å²) in [6.07, 6.45) is 42.8. The summed E-state index contributed by atoms with van der Waals surface area (Å²) in [6.45, 7) is 14.5. The molecule has 3 nitrogen and oxygen atoms in total. The van der Waals surface area contributed by atoms with Crippen LogP contribution in [-0.2, 0) is 9.53 Å². The van der Waals surface area contributed by atoms with Crippen molar-refractivity contribution >= 4 is 5.97 Å². The molecule has 1 N–H and O–H groups in total. The van der Waals surface area contributed by atoms with Gasteiger partial charge in [-0.2, -0.15) is 0 Å². The summed E-state index contributed by atoms with van der Waals surface area (Å²) in [4.78, 5) is 13.2. The van der Waals surface area contributed by atoms with Gasteiger partial charge in [-0.25, -0.2) is 0 Å². The highest BCUT2D eigenvalue weighted by molar-refractivity contribution is 5.71. The Hall–Kier alpha value is -2.13. The molecule has 50 heavy (non-hydrogen) atoms. The van der Waals surface area contributed by atoms with E-state index in [1.54, 1.807) is 0 Å². The summed E-state index contributed by atoms with van der Waals surface area (Å²) in [7, 11) is 0. The van der Waals surface area contributed by atoms with E-state index < -0.39 is 6.10 Å². The number of hydrogen-bond acceptors (Lipinski definition) is 3. The van der Waals surface area contributed by atoms with E-state index in [1.807, 2.05) is 6.08 Å². The number of esters is 1. The average Bonchev–Trinajstić information content (AvgIpc) is 3.44. The molecule has 4 aliphatic rings. The van der Waals surface area contributed by atoms with Crippen LogP contribution >= 0.6 is 0 Å². The van der Waals surface area contributed by atoms with E-state index in [9.17, 15) is 9.90 Å². The fourth-order valence-corrected chi connectivity index (χ4v) is 10.6. The Balaban J connectivity index is 1.23. The van der Waals surface area contributed by atoms with Crippen molar-refractivity contribution in [3.63, 3.8) is 0 Å². The molecule has 0 aromatic carbocycles. The third-order valence-corrected chi connectivity index (χ3v) is 13.4. The van der Waals surface area contributed by atoms with Gasteiger partial charge in [0, 0.05) is 11.8 Å². The number of rotatable bonds is 20. The Bertz CT molecular complexity index is 1230. The Morgan fingerprint density at radius 1 is 0.860 bits per heavy atom. The molecule has 2 saturated carbocycles. The Morgan fingerprint density at radius 2 is 1.52 bits per heavy atom. The van der Waals surface area contributed by atoms with Crippen LogP contribution in [0.1, 0.15) is 164 Å². The summed E-state index contributed by atoms with van der Waals surface area (Å²) < 4.78 is 6.25.